The lowest BCUT2D eigenvalue weighted by Gasteiger charge is -2.04. The van der Waals surface area contributed by atoms with Crippen LogP contribution < -0.4 is 5.56 Å². The van der Waals surface area contributed by atoms with Crippen molar-refractivity contribution in [3.8, 4) is 22.4 Å². The van der Waals surface area contributed by atoms with Crippen LogP contribution >= 0.6 is 0 Å². The number of halogens is 1. The third-order valence-electron chi connectivity index (χ3n) is 3.80. The van der Waals surface area contributed by atoms with Crippen molar-refractivity contribution < 1.29 is 4.39 Å². The van der Waals surface area contributed by atoms with Gasteiger partial charge in [-0.15, -0.1) is 0 Å². The van der Waals surface area contributed by atoms with Crippen molar-refractivity contribution in [3.63, 3.8) is 0 Å². The van der Waals surface area contributed by atoms with E-state index in [2.05, 4.69) is 10.1 Å². The number of aryl methyl sites for hydroxylation is 1. The number of nitrogens with zero attached hydrogens (tertiary/aromatic N) is 3. The van der Waals surface area contributed by atoms with Gasteiger partial charge in [0.05, 0.1) is 11.9 Å². The van der Waals surface area contributed by atoms with E-state index in [1.807, 2.05) is 37.5 Å². The Hall–Kier alpha value is -3.15. The Kier molecular flexibility index (Phi) is 2.90. The van der Waals surface area contributed by atoms with Crippen molar-refractivity contribution in [2.45, 2.75) is 0 Å². The topological polar surface area (TPSA) is 55.1 Å². The lowest BCUT2D eigenvalue weighted by atomic mass is 10.1. The predicted molar refractivity (Wildman–Crippen MR) is 85.6 cm³/mol. The van der Waals surface area contributed by atoms with Gasteiger partial charge in [0.2, 0.25) is 0 Å². The molecule has 0 aliphatic carbocycles. The second kappa shape index (κ2) is 4.95. The molecule has 1 aromatic carbocycles. The van der Waals surface area contributed by atoms with Crippen molar-refractivity contribution in [1.29, 1.82) is 0 Å². The summed E-state index contributed by atoms with van der Waals surface area (Å²) in [5.41, 5.74) is 3.52. The lowest BCUT2D eigenvalue weighted by Crippen LogP contribution is -2.09. The average molecular weight is 308 g/mol. The summed E-state index contributed by atoms with van der Waals surface area (Å²) in [6.07, 6.45) is 6.73. The molecule has 3 aromatic heterocycles. The minimum absolute atomic E-state index is 0.290. The van der Waals surface area contributed by atoms with E-state index in [0.717, 1.165) is 16.7 Å². The Labute approximate surface area is 130 Å². The van der Waals surface area contributed by atoms with Gasteiger partial charge in [-0.1, -0.05) is 24.3 Å². The van der Waals surface area contributed by atoms with Crippen LogP contribution in [-0.4, -0.2) is 19.2 Å². The van der Waals surface area contributed by atoms with Gasteiger partial charge in [-0.2, -0.15) is 5.10 Å². The van der Waals surface area contributed by atoms with E-state index in [0.29, 0.717) is 11.2 Å². The number of aromatic nitrogens is 4. The summed E-state index contributed by atoms with van der Waals surface area (Å²) < 4.78 is 16.5. The van der Waals surface area contributed by atoms with Crippen LogP contribution in [0.5, 0.6) is 0 Å². The highest BCUT2D eigenvalue weighted by Gasteiger charge is 2.07. The largest absolute Gasteiger partial charge is 0.319 e. The second-order valence-electron chi connectivity index (χ2n) is 5.43. The molecular formula is C17H13FN4O. The van der Waals surface area contributed by atoms with Crippen LogP contribution in [-0.2, 0) is 7.05 Å². The van der Waals surface area contributed by atoms with Gasteiger partial charge in [-0.25, -0.2) is 4.39 Å². The molecule has 0 amide bonds. The molecule has 6 heteroatoms. The molecule has 1 N–H and O–H groups in total. The number of aromatic amines is 1. The van der Waals surface area contributed by atoms with Crippen molar-refractivity contribution >= 4 is 5.52 Å². The first kappa shape index (κ1) is 13.5. The third kappa shape index (κ3) is 2.34. The standard InChI is InChI=1S/C17H13FN4O/c1-21-8-13(7-19-21)11-2-4-12(5-3-11)15-10-22-9-14(18)6-16(22)17(23)20-15/h2-10H,1H3,(H,20,23). The van der Waals surface area contributed by atoms with Crippen LogP contribution in [0.1, 0.15) is 0 Å². The van der Waals surface area contributed by atoms with Gasteiger partial charge in [-0.3, -0.25) is 9.48 Å². The van der Waals surface area contributed by atoms with Crippen molar-refractivity contribution in [2.24, 2.45) is 7.05 Å². The molecule has 5 nitrogen and oxygen atoms in total. The van der Waals surface area contributed by atoms with E-state index in [1.54, 1.807) is 17.1 Å². The fourth-order valence-corrected chi connectivity index (χ4v) is 2.65. The Morgan fingerprint density at radius 3 is 2.48 bits per heavy atom. The number of hydrogen-bond donors (Lipinski definition) is 1. The smallest absolute Gasteiger partial charge is 0.272 e. The molecule has 0 unspecified atom stereocenters. The summed E-state index contributed by atoms with van der Waals surface area (Å²) in [7, 11) is 1.87. The third-order valence-corrected chi connectivity index (χ3v) is 3.80. The molecule has 3 heterocycles. The minimum atomic E-state index is -0.431. The van der Waals surface area contributed by atoms with Gasteiger partial charge >= 0.3 is 0 Å². The zero-order valence-electron chi connectivity index (χ0n) is 12.3. The van der Waals surface area contributed by atoms with Crippen LogP contribution in [0.2, 0.25) is 0 Å². The van der Waals surface area contributed by atoms with Crippen LogP contribution in [0.25, 0.3) is 27.9 Å². The quantitative estimate of drug-likeness (QED) is 0.619. The summed E-state index contributed by atoms with van der Waals surface area (Å²) in [5, 5.41) is 4.15. The molecule has 0 spiro atoms. The van der Waals surface area contributed by atoms with E-state index < -0.39 is 5.82 Å². The molecule has 4 aromatic rings. The maximum Gasteiger partial charge on any atom is 0.272 e. The predicted octanol–water partition coefficient (Wildman–Crippen LogP) is 2.83. The van der Waals surface area contributed by atoms with Crippen molar-refractivity contribution in [3.05, 3.63) is 71.3 Å². The highest BCUT2D eigenvalue weighted by atomic mass is 19.1. The number of fused-ring (bicyclic) bond motifs is 1. The molecule has 0 atom stereocenters. The first-order chi connectivity index (χ1) is 11.1. The Morgan fingerprint density at radius 1 is 1.04 bits per heavy atom. The zero-order valence-corrected chi connectivity index (χ0v) is 12.3. The average Bonchev–Trinajstić information content (AvgIpc) is 3.13. The summed E-state index contributed by atoms with van der Waals surface area (Å²) in [6.45, 7) is 0. The molecule has 0 saturated carbocycles. The van der Waals surface area contributed by atoms with Gasteiger partial charge in [0.15, 0.2) is 0 Å². The van der Waals surface area contributed by atoms with Crippen molar-refractivity contribution in [2.75, 3.05) is 0 Å². The molecule has 0 fully saturated rings. The van der Waals surface area contributed by atoms with E-state index in [9.17, 15) is 9.18 Å². The van der Waals surface area contributed by atoms with Gasteiger partial charge in [0.25, 0.3) is 5.56 Å². The number of H-pyrrole nitrogens is 1. The molecule has 4 rings (SSSR count). The first-order valence-electron chi connectivity index (χ1n) is 7.10. The summed E-state index contributed by atoms with van der Waals surface area (Å²) in [6, 6.07) is 8.98. The fourth-order valence-electron chi connectivity index (χ4n) is 2.65. The van der Waals surface area contributed by atoms with Crippen LogP contribution in [0, 0.1) is 5.82 Å². The molecular weight excluding hydrogens is 295 g/mol. The summed E-state index contributed by atoms with van der Waals surface area (Å²) >= 11 is 0. The van der Waals surface area contributed by atoms with Gasteiger partial charge < -0.3 is 9.38 Å². The molecule has 0 aliphatic heterocycles. The second-order valence-corrected chi connectivity index (χ2v) is 5.43. The Morgan fingerprint density at radius 2 is 1.78 bits per heavy atom. The Balaban J connectivity index is 1.77. The first-order valence-corrected chi connectivity index (χ1v) is 7.10. The normalized spacial score (nSPS) is 11.2. The molecule has 0 aliphatic rings. The van der Waals surface area contributed by atoms with Gasteiger partial charge in [-0.05, 0) is 11.1 Å². The number of hydrogen-bond acceptors (Lipinski definition) is 2. The molecule has 23 heavy (non-hydrogen) atoms. The number of benzene rings is 1. The van der Waals surface area contributed by atoms with E-state index >= 15 is 0 Å². The molecule has 114 valence electrons. The molecule has 0 saturated heterocycles. The van der Waals surface area contributed by atoms with E-state index in [-0.39, 0.29) is 5.56 Å². The maximum absolute atomic E-state index is 13.3. The number of rotatable bonds is 2. The highest BCUT2D eigenvalue weighted by molar-refractivity contribution is 5.68. The maximum atomic E-state index is 13.3. The number of nitrogens with one attached hydrogen (secondary N) is 1. The SMILES string of the molecule is Cn1cc(-c2ccc(-c3cn4cc(F)cc4c(=O)[nH]3)cc2)cn1. The summed E-state index contributed by atoms with van der Waals surface area (Å²) in [5.74, 6) is -0.431. The van der Waals surface area contributed by atoms with Crippen molar-refractivity contribution in [1.82, 2.24) is 19.2 Å². The Bertz CT molecular complexity index is 1060. The van der Waals surface area contributed by atoms with E-state index in [4.69, 9.17) is 0 Å². The lowest BCUT2D eigenvalue weighted by molar-refractivity contribution is 0.628. The van der Waals surface area contributed by atoms with Gasteiger partial charge in [0, 0.05) is 37.3 Å². The molecule has 0 radical (unpaired) electrons. The fraction of sp³-hybridized carbons (Fsp3) is 0.0588. The van der Waals surface area contributed by atoms with Crippen LogP contribution in [0.4, 0.5) is 4.39 Å². The minimum Gasteiger partial charge on any atom is -0.319 e. The van der Waals surface area contributed by atoms with E-state index in [1.165, 1.54) is 16.7 Å². The molecule has 0 bridgehead atoms. The van der Waals surface area contributed by atoms with Crippen LogP contribution in [0.15, 0.2) is 59.9 Å². The monoisotopic (exact) mass is 308 g/mol. The van der Waals surface area contributed by atoms with Crippen LogP contribution in [0.3, 0.4) is 0 Å². The zero-order chi connectivity index (χ0) is 16.0. The highest BCUT2D eigenvalue weighted by Crippen LogP contribution is 2.23. The summed E-state index contributed by atoms with van der Waals surface area (Å²) in [4.78, 5) is 14.8. The van der Waals surface area contributed by atoms with Gasteiger partial charge in [0.1, 0.15) is 11.3 Å².